The molecule has 0 aromatic heterocycles. The molecule has 2 aromatic rings. The van der Waals surface area contributed by atoms with Crippen molar-refractivity contribution in [3.8, 4) is 0 Å². The van der Waals surface area contributed by atoms with Crippen molar-refractivity contribution < 1.29 is 4.79 Å². The SMILES string of the molecule is CC(Sc1ccccc1Cl)C(=O)NC1CCN(Cc2ccccc2)CC1. The van der Waals surface area contributed by atoms with Crippen LogP contribution in [0, 0.1) is 0 Å². The lowest BCUT2D eigenvalue weighted by molar-refractivity contribution is -0.121. The van der Waals surface area contributed by atoms with Gasteiger partial charge in [0, 0.05) is 30.6 Å². The largest absolute Gasteiger partial charge is 0.352 e. The van der Waals surface area contributed by atoms with Gasteiger partial charge in [-0.05, 0) is 37.5 Å². The normalized spacial score (nSPS) is 17.0. The van der Waals surface area contributed by atoms with Crippen molar-refractivity contribution in [2.24, 2.45) is 0 Å². The fourth-order valence-electron chi connectivity index (χ4n) is 3.18. The number of hydrogen-bond acceptors (Lipinski definition) is 3. The number of carbonyl (C=O) groups excluding carboxylic acids is 1. The van der Waals surface area contributed by atoms with Crippen molar-refractivity contribution in [1.29, 1.82) is 0 Å². The lowest BCUT2D eigenvalue weighted by atomic mass is 10.0. The Morgan fingerprint density at radius 3 is 2.50 bits per heavy atom. The summed E-state index contributed by atoms with van der Waals surface area (Å²) in [5, 5.41) is 3.76. The molecule has 1 unspecified atom stereocenters. The van der Waals surface area contributed by atoms with E-state index in [0.717, 1.165) is 37.4 Å². The molecule has 0 aliphatic carbocycles. The third-order valence-electron chi connectivity index (χ3n) is 4.69. The van der Waals surface area contributed by atoms with Crippen LogP contribution in [0.4, 0.5) is 0 Å². The van der Waals surface area contributed by atoms with Gasteiger partial charge in [-0.1, -0.05) is 54.1 Å². The zero-order chi connectivity index (χ0) is 18.4. The summed E-state index contributed by atoms with van der Waals surface area (Å²) in [5.74, 6) is 0.0939. The highest BCUT2D eigenvalue weighted by Gasteiger charge is 2.23. The van der Waals surface area contributed by atoms with Gasteiger partial charge < -0.3 is 5.32 Å². The average Bonchev–Trinajstić information content (AvgIpc) is 2.66. The molecule has 1 saturated heterocycles. The summed E-state index contributed by atoms with van der Waals surface area (Å²) in [6.07, 6.45) is 2.00. The van der Waals surface area contributed by atoms with Crippen LogP contribution in [0.15, 0.2) is 59.5 Å². The van der Waals surface area contributed by atoms with Crippen LogP contribution in [-0.2, 0) is 11.3 Å². The molecular formula is C21H25ClN2OS. The molecule has 3 nitrogen and oxygen atoms in total. The molecule has 0 saturated carbocycles. The molecule has 26 heavy (non-hydrogen) atoms. The molecular weight excluding hydrogens is 364 g/mol. The zero-order valence-corrected chi connectivity index (χ0v) is 16.6. The molecule has 0 radical (unpaired) electrons. The molecule has 1 atom stereocenters. The van der Waals surface area contributed by atoms with Crippen LogP contribution >= 0.6 is 23.4 Å². The second kappa shape index (κ2) is 9.45. The first kappa shape index (κ1) is 19.3. The second-order valence-corrected chi connectivity index (χ2v) is 8.52. The van der Waals surface area contributed by atoms with Gasteiger partial charge in [-0.2, -0.15) is 0 Å². The highest BCUT2D eigenvalue weighted by molar-refractivity contribution is 8.00. The van der Waals surface area contributed by atoms with Gasteiger partial charge in [-0.25, -0.2) is 0 Å². The van der Waals surface area contributed by atoms with E-state index in [1.54, 1.807) is 0 Å². The Morgan fingerprint density at radius 2 is 1.81 bits per heavy atom. The summed E-state index contributed by atoms with van der Waals surface area (Å²) >= 11 is 7.70. The van der Waals surface area contributed by atoms with E-state index in [9.17, 15) is 4.79 Å². The van der Waals surface area contributed by atoms with Gasteiger partial charge in [0.25, 0.3) is 0 Å². The van der Waals surface area contributed by atoms with Crippen molar-refractivity contribution in [3.05, 3.63) is 65.2 Å². The minimum Gasteiger partial charge on any atom is -0.352 e. The molecule has 1 N–H and O–H groups in total. The molecule has 5 heteroatoms. The maximum atomic E-state index is 12.5. The number of rotatable bonds is 6. The smallest absolute Gasteiger partial charge is 0.233 e. The molecule has 1 aliphatic rings. The van der Waals surface area contributed by atoms with E-state index in [1.807, 2.05) is 37.3 Å². The Kier molecular flexibility index (Phi) is 7.00. The van der Waals surface area contributed by atoms with E-state index >= 15 is 0 Å². The topological polar surface area (TPSA) is 32.3 Å². The highest BCUT2D eigenvalue weighted by Crippen LogP contribution is 2.30. The standard InChI is InChI=1S/C21H25ClN2OS/c1-16(26-20-10-6-5-9-19(20)22)21(25)23-18-11-13-24(14-12-18)15-17-7-3-2-4-8-17/h2-10,16,18H,11-15H2,1H3,(H,23,25). The monoisotopic (exact) mass is 388 g/mol. The van der Waals surface area contributed by atoms with E-state index in [1.165, 1.54) is 17.3 Å². The van der Waals surface area contributed by atoms with E-state index in [0.29, 0.717) is 5.02 Å². The number of nitrogens with zero attached hydrogens (tertiary/aromatic N) is 1. The number of likely N-dealkylation sites (tertiary alicyclic amines) is 1. The summed E-state index contributed by atoms with van der Waals surface area (Å²) < 4.78 is 0. The van der Waals surface area contributed by atoms with Crippen molar-refractivity contribution >= 4 is 29.3 Å². The number of benzene rings is 2. The van der Waals surface area contributed by atoms with Gasteiger partial charge in [-0.15, -0.1) is 11.8 Å². The fraction of sp³-hybridized carbons (Fsp3) is 0.381. The first-order chi connectivity index (χ1) is 12.6. The summed E-state index contributed by atoms with van der Waals surface area (Å²) in [6, 6.07) is 18.5. The van der Waals surface area contributed by atoms with Crippen LogP contribution in [0.25, 0.3) is 0 Å². The van der Waals surface area contributed by atoms with Crippen LogP contribution in [0.2, 0.25) is 5.02 Å². The predicted molar refractivity (Wildman–Crippen MR) is 110 cm³/mol. The Balaban J connectivity index is 1.43. The molecule has 2 aromatic carbocycles. The van der Waals surface area contributed by atoms with Gasteiger partial charge in [-0.3, -0.25) is 9.69 Å². The Hall–Kier alpha value is -1.49. The van der Waals surface area contributed by atoms with Crippen LogP contribution < -0.4 is 5.32 Å². The third kappa shape index (κ3) is 5.50. The van der Waals surface area contributed by atoms with Gasteiger partial charge in [0.1, 0.15) is 0 Å². The highest BCUT2D eigenvalue weighted by atomic mass is 35.5. The maximum Gasteiger partial charge on any atom is 0.233 e. The molecule has 1 amide bonds. The lowest BCUT2D eigenvalue weighted by Gasteiger charge is -2.32. The molecule has 0 bridgehead atoms. The predicted octanol–water partition coefficient (Wildman–Crippen LogP) is 4.60. The number of hydrogen-bond donors (Lipinski definition) is 1. The van der Waals surface area contributed by atoms with Crippen molar-refractivity contribution in [2.45, 2.75) is 42.5 Å². The summed E-state index contributed by atoms with van der Waals surface area (Å²) in [4.78, 5) is 15.9. The summed E-state index contributed by atoms with van der Waals surface area (Å²) in [5.41, 5.74) is 1.35. The molecule has 138 valence electrons. The van der Waals surface area contributed by atoms with Gasteiger partial charge in [0.05, 0.1) is 10.3 Å². The van der Waals surface area contributed by atoms with E-state index < -0.39 is 0 Å². The minimum absolute atomic E-state index is 0.0939. The molecule has 3 rings (SSSR count). The van der Waals surface area contributed by atoms with Gasteiger partial charge >= 0.3 is 0 Å². The number of piperidine rings is 1. The van der Waals surface area contributed by atoms with E-state index in [4.69, 9.17) is 11.6 Å². The Morgan fingerprint density at radius 1 is 1.15 bits per heavy atom. The lowest BCUT2D eigenvalue weighted by Crippen LogP contribution is -2.46. The van der Waals surface area contributed by atoms with E-state index in [-0.39, 0.29) is 17.2 Å². The van der Waals surface area contributed by atoms with E-state index in [2.05, 4.69) is 34.5 Å². The fourth-order valence-corrected chi connectivity index (χ4v) is 4.34. The quantitative estimate of drug-likeness (QED) is 0.734. The van der Waals surface area contributed by atoms with Crippen LogP contribution in [0.1, 0.15) is 25.3 Å². The number of amides is 1. The number of thioether (sulfide) groups is 1. The second-order valence-electron chi connectivity index (χ2n) is 6.74. The number of carbonyl (C=O) groups is 1. The minimum atomic E-state index is -0.155. The van der Waals surface area contributed by atoms with Crippen molar-refractivity contribution in [3.63, 3.8) is 0 Å². The van der Waals surface area contributed by atoms with Crippen LogP contribution in [0.5, 0.6) is 0 Å². The van der Waals surface area contributed by atoms with Crippen molar-refractivity contribution in [2.75, 3.05) is 13.1 Å². The third-order valence-corrected chi connectivity index (χ3v) is 6.31. The molecule has 1 heterocycles. The van der Waals surface area contributed by atoms with Gasteiger partial charge in [0.15, 0.2) is 0 Å². The first-order valence-corrected chi connectivity index (χ1v) is 10.4. The maximum absolute atomic E-state index is 12.5. The molecule has 0 spiro atoms. The molecule has 1 aliphatic heterocycles. The summed E-state index contributed by atoms with van der Waals surface area (Å²) in [6.45, 7) is 4.96. The van der Waals surface area contributed by atoms with Crippen molar-refractivity contribution in [1.82, 2.24) is 10.2 Å². The Bertz CT molecular complexity index is 717. The molecule has 1 fully saturated rings. The summed E-state index contributed by atoms with van der Waals surface area (Å²) in [7, 11) is 0. The number of nitrogens with one attached hydrogen (secondary N) is 1. The van der Waals surface area contributed by atoms with Crippen LogP contribution in [0.3, 0.4) is 0 Å². The number of halogens is 1. The van der Waals surface area contributed by atoms with Gasteiger partial charge in [0.2, 0.25) is 5.91 Å². The first-order valence-electron chi connectivity index (χ1n) is 9.09. The zero-order valence-electron chi connectivity index (χ0n) is 15.0. The average molecular weight is 389 g/mol. The van der Waals surface area contributed by atoms with Crippen LogP contribution in [-0.4, -0.2) is 35.2 Å². The Labute approximate surface area is 165 Å².